The van der Waals surface area contributed by atoms with E-state index in [1.165, 1.54) is 34.6 Å². The van der Waals surface area contributed by atoms with Crippen molar-refractivity contribution >= 4 is 38.7 Å². The molecule has 1 aliphatic carbocycles. The highest BCUT2D eigenvalue weighted by Gasteiger charge is 2.51. The summed E-state index contributed by atoms with van der Waals surface area (Å²) in [6, 6.07) is 4.66. The van der Waals surface area contributed by atoms with Crippen molar-refractivity contribution in [2.24, 2.45) is 0 Å². The van der Waals surface area contributed by atoms with E-state index in [1.54, 1.807) is 19.1 Å². The van der Waals surface area contributed by atoms with Crippen LogP contribution in [0.2, 0.25) is 0 Å². The van der Waals surface area contributed by atoms with Crippen LogP contribution in [0.5, 0.6) is 0 Å². The summed E-state index contributed by atoms with van der Waals surface area (Å²) in [6.07, 6.45) is 0.501. The Morgan fingerprint density at radius 1 is 1.16 bits per heavy atom. The second kappa shape index (κ2) is 10.7. The lowest BCUT2D eigenvalue weighted by molar-refractivity contribution is -0.258. The maximum absolute atomic E-state index is 13.5. The lowest BCUT2D eigenvalue weighted by Crippen LogP contribution is -2.62. The van der Waals surface area contributed by atoms with Gasteiger partial charge in [-0.15, -0.1) is 0 Å². The zero-order chi connectivity index (χ0) is 27.9. The van der Waals surface area contributed by atoms with Crippen molar-refractivity contribution in [3.8, 4) is 0 Å². The van der Waals surface area contributed by atoms with Crippen LogP contribution in [0, 0.1) is 0 Å². The first kappa shape index (κ1) is 28.7. The topological polar surface area (TPSA) is 93.2 Å². The highest BCUT2D eigenvalue weighted by atomic mass is 32.2. The summed E-state index contributed by atoms with van der Waals surface area (Å²) < 4.78 is 68.4. The molecule has 3 aliphatic rings. The molecule has 1 unspecified atom stereocenters. The van der Waals surface area contributed by atoms with Gasteiger partial charge in [-0.25, -0.2) is 8.42 Å². The minimum absolute atomic E-state index is 0.103. The van der Waals surface area contributed by atoms with Gasteiger partial charge in [0.15, 0.2) is 5.60 Å². The number of benzene rings is 1. The standard InChI is InChI=1S/C25H31F3N4O4S2/c1-17-23(33)29-11-12-30(17)15-20-16-31(38(35,36)22-6-4-3-5-21(22)37)13-14-32(20)19-9-7-18(8-10-19)24(2,34)25(26,27)28/h3-4,6-10,17,20,34H,5,11-16H2,1-2H3,(H,29,33)/t17-,20-,24?/m0/s1. The number of nitrogens with one attached hydrogen (secondary N) is 1. The van der Waals surface area contributed by atoms with Gasteiger partial charge in [-0.1, -0.05) is 36.5 Å². The fourth-order valence-electron chi connectivity index (χ4n) is 4.93. The average molecular weight is 573 g/mol. The zero-order valence-electron chi connectivity index (χ0n) is 21.1. The Kier molecular flexibility index (Phi) is 8.06. The first-order valence-corrected chi connectivity index (χ1v) is 14.2. The van der Waals surface area contributed by atoms with Crippen molar-refractivity contribution in [1.29, 1.82) is 0 Å². The van der Waals surface area contributed by atoms with Gasteiger partial charge >= 0.3 is 6.18 Å². The van der Waals surface area contributed by atoms with E-state index in [4.69, 9.17) is 12.2 Å². The summed E-state index contributed by atoms with van der Waals surface area (Å²) >= 11 is 5.31. The van der Waals surface area contributed by atoms with Crippen LogP contribution in [-0.2, 0) is 20.4 Å². The number of aliphatic hydroxyl groups is 1. The molecule has 2 heterocycles. The molecular weight excluding hydrogens is 541 g/mol. The monoisotopic (exact) mass is 572 g/mol. The fraction of sp³-hybridized carbons (Fsp3) is 0.520. The number of halogens is 3. The number of nitrogens with zero attached hydrogens (tertiary/aromatic N) is 3. The van der Waals surface area contributed by atoms with Crippen LogP contribution >= 0.6 is 12.2 Å². The Bertz CT molecular complexity index is 1250. The first-order chi connectivity index (χ1) is 17.7. The minimum atomic E-state index is -4.84. The second-order valence-electron chi connectivity index (χ2n) is 9.88. The van der Waals surface area contributed by atoms with E-state index in [0.29, 0.717) is 43.5 Å². The Balaban J connectivity index is 1.63. The lowest BCUT2D eigenvalue weighted by atomic mass is 9.95. The summed E-state index contributed by atoms with van der Waals surface area (Å²) in [7, 11) is -3.86. The summed E-state index contributed by atoms with van der Waals surface area (Å²) in [6.45, 7) is 4.44. The smallest absolute Gasteiger partial charge is 0.376 e. The molecule has 38 heavy (non-hydrogen) atoms. The molecule has 1 aromatic rings. The molecule has 2 fully saturated rings. The van der Waals surface area contributed by atoms with Gasteiger partial charge in [0.05, 0.1) is 17.0 Å². The van der Waals surface area contributed by atoms with Gasteiger partial charge in [0.1, 0.15) is 0 Å². The number of anilines is 1. The van der Waals surface area contributed by atoms with Crippen LogP contribution in [0.3, 0.4) is 0 Å². The number of alkyl halides is 3. The fourth-order valence-corrected chi connectivity index (χ4v) is 7.00. The molecule has 4 rings (SSSR count). The number of hydrogen-bond acceptors (Lipinski definition) is 7. The maximum Gasteiger partial charge on any atom is 0.421 e. The van der Waals surface area contributed by atoms with Crippen molar-refractivity contribution < 1.29 is 31.5 Å². The molecule has 8 nitrogen and oxygen atoms in total. The van der Waals surface area contributed by atoms with Gasteiger partial charge in [0.25, 0.3) is 0 Å². The molecule has 2 N–H and O–H groups in total. The number of carbonyl (C=O) groups excluding carboxylic acids is 1. The van der Waals surface area contributed by atoms with Crippen LogP contribution in [-0.4, -0.2) is 91.0 Å². The van der Waals surface area contributed by atoms with Crippen LogP contribution in [0.25, 0.3) is 0 Å². The zero-order valence-corrected chi connectivity index (χ0v) is 22.7. The van der Waals surface area contributed by atoms with Gasteiger partial charge in [-0.3, -0.25) is 9.69 Å². The molecule has 2 aliphatic heterocycles. The molecule has 1 aromatic carbocycles. The highest BCUT2D eigenvalue weighted by Crippen LogP contribution is 2.39. The van der Waals surface area contributed by atoms with Gasteiger partial charge in [-0.2, -0.15) is 17.5 Å². The van der Waals surface area contributed by atoms with Gasteiger partial charge in [0, 0.05) is 56.2 Å². The number of rotatable bonds is 6. The number of allylic oxidation sites excluding steroid dienone is 4. The van der Waals surface area contributed by atoms with Crippen molar-refractivity contribution in [3.05, 3.63) is 53.0 Å². The first-order valence-electron chi connectivity index (χ1n) is 12.3. The van der Waals surface area contributed by atoms with Crippen molar-refractivity contribution in [3.63, 3.8) is 0 Å². The average Bonchev–Trinajstić information content (AvgIpc) is 2.86. The van der Waals surface area contributed by atoms with E-state index >= 15 is 0 Å². The quantitative estimate of drug-likeness (QED) is 0.506. The molecule has 0 radical (unpaired) electrons. The van der Waals surface area contributed by atoms with Crippen molar-refractivity contribution in [1.82, 2.24) is 14.5 Å². The van der Waals surface area contributed by atoms with Crippen LogP contribution in [0.15, 0.2) is 47.4 Å². The number of thiocarbonyl (C=S) groups is 1. The largest absolute Gasteiger partial charge is 0.421 e. The number of amides is 1. The Labute approximate surface area is 225 Å². The van der Waals surface area contributed by atoms with Gasteiger partial charge in [-0.05, 0) is 37.6 Å². The molecule has 208 valence electrons. The molecule has 1 amide bonds. The molecule has 0 spiro atoms. The maximum atomic E-state index is 13.5. The normalized spacial score (nSPS) is 25.6. The molecule has 0 bridgehead atoms. The third kappa shape index (κ3) is 5.53. The van der Waals surface area contributed by atoms with E-state index in [1.807, 2.05) is 9.80 Å². The number of carbonyl (C=O) groups is 1. The Hall–Kier alpha value is -2.32. The summed E-state index contributed by atoms with van der Waals surface area (Å²) in [5, 5.41) is 12.8. The molecule has 13 heteroatoms. The second-order valence-corrected chi connectivity index (χ2v) is 12.3. The third-order valence-corrected chi connectivity index (χ3v) is 9.87. The number of hydrogen-bond donors (Lipinski definition) is 2. The van der Waals surface area contributed by atoms with Gasteiger partial charge < -0.3 is 15.3 Å². The van der Waals surface area contributed by atoms with Crippen LogP contribution < -0.4 is 10.2 Å². The lowest BCUT2D eigenvalue weighted by Gasteiger charge is -2.45. The molecule has 0 aromatic heterocycles. The highest BCUT2D eigenvalue weighted by molar-refractivity contribution is 7.96. The third-order valence-electron chi connectivity index (χ3n) is 7.41. The molecule has 3 atom stereocenters. The van der Waals surface area contributed by atoms with Crippen LogP contribution in [0.1, 0.15) is 25.8 Å². The van der Waals surface area contributed by atoms with Gasteiger partial charge in [0.2, 0.25) is 15.9 Å². The predicted octanol–water partition coefficient (Wildman–Crippen LogP) is 2.31. The summed E-state index contributed by atoms with van der Waals surface area (Å²) in [5.74, 6) is -0.119. The minimum Gasteiger partial charge on any atom is -0.376 e. The van der Waals surface area contributed by atoms with E-state index < -0.39 is 33.9 Å². The molecule has 2 saturated heterocycles. The van der Waals surface area contributed by atoms with E-state index in [0.717, 1.165) is 0 Å². The number of sulfonamides is 1. The summed E-state index contributed by atoms with van der Waals surface area (Å²) in [5.41, 5.74) is -2.70. The van der Waals surface area contributed by atoms with E-state index in [-0.39, 0.29) is 36.0 Å². The van der Waals surface area contributed by atoms with Crippen LogP contribution in [0.4, 0.5) is 18.9 Å². The molecular formula is C25H31F3N4O4S2. The SMILES string of the molecule is C[C@H]1C(=O)NCCN1C[C@H]1CN(S(=O)(=O)C2=CC=CCC2=S)CCN1c1ccc(C(C)(O)C(F)(F)F)cc1. The Morgan fingerprint density at radius 2 is 1.84 bits per heavy atom. The predicted molar refractivity (Wildman–Crippen MR) is 142 cm³/mol. The molecule has 0 saturated carbocycles. The Morgan fingerprint density at radius 3 is 2.47 bits per heavy atom. The van der Waals surface area contributed by atoms with E-state index in [9.17, 15) is 31.5 Å². The summed E-state index contributed by atoms with van der Waals surface area (Å²) in [4.78, 5) is 16.6. The van der Waals surface area contributed by atoms with Crippen molar-refractivity contribution in [2.45, 2.75) is 44.1 Å². The van der Waals surface area contributed by atoms with E-state index in [2.05, 4.69) is 5.32 Å². The number of piperazine rings is 2. The van der Waals surface area contributed by atoms with Crippen molar-refractivity contribution in [2.75, 3.05) is 44.2 Å².